The maximum Gasteiger partial charge on any atom is 0.123 e. The van der Waals surface area contributed by atoms with Crippen LogP contribution >= 0.6 is 0 Å². The summed E-state index contributed by atoms with van der Waals surface area (Å²) in [5.74, 6) is 1.33. The summed E-state index contributed by atoms with van der Waals surface area (Å²) in [6.45, 7) is 5.24. The van der Waals surface area contributed by atoms with Crippen LogP contribution < -0.4 is 10.5 Å². The second-order valence-electron chi connectivity index (χ2n) is 4.55. The highest BCUT2D eigenvalue weighted by Crippen LogP contribution is 2.22. The van der Waals surface area contributed by atoms with Gasteiger partial charge in [-0.25, -0.2) is 0 Å². The summed E-state index contributed by atoms with van der Waals surface area (Å²) in [7, 11) is 0. The van der Waals surface area contributed by atoms with Gasteiger partial charge in [0.1, 0.15) is 12.4 Å². The van der Waals surface area contributed by atoms with E-state index in [1.807, 2.05) is 25.1 Å². The number of benzene rings is 1. The molecule has 0 aromatic heterocycles. The van der Waals surface area contributed by atoms with Gasteiger partial charge in [0.2, 0.25) is 0 Å². The fourth-order valence-corrected chi connectivity index (χ4v) is 2.02. The molecular formula is C13H19N3O. The average Bonchev–Trinajstić information content (AvgIpc) is 2.50. The molecule has 1 atom stereocenters. The summed E-state index contributed by atoms with van der Waals surface area (Å²) >= 11 is 0. The van der Waals surface area contributed by atoms with Crippen molar-refractivity contribution < 1.29 is 4.74 Å². The van der Waals surface area contributed by atoms with E-state index in [1.165, 1.54) is 5.56 Å². The molecule has 3 N–H and O–H groups in total. The van der Waals surface area contributed by atoms with Crippen LogP contribution in [-0.2, 0) is 6.54 Å². The highest BCUT2D eigenvalue weighted by atomic mass is 16.5. The monoisotopic (exact) mass is 233 g/mol. The van der Waals surface area contributed by atoms with Gasteiger partial charge >= 0.3 is 0 Å². The SMILES string of the molecule is CC(CN1CCOc2ccccc2C1)C(=N)N. The first-order valence-corrected chi connectivity index (χ1v) is 5.94. The van der Waals surface area contributed by atoms with Gasteiger partial charge in [0, 0.05) is 31.1 Å². The van der Waals surface area contributed by atoms with Crippen molar-refractivity contribution in [1.29, 1.82) is 5.41 Å². The van der Waals surface area contributed by atoms with E-state index in [1.54, 1.807) is 0 Å². The van der Waals surface area contributed by atoms with Crippen LogP contribution in [-0.4, -0.2) is 30.4 Å². The molecule has 4 nitrogen and oxygen atoms in total. The summed E-state index contributed by atoms with van der Waals surface area (Å²) in [6.07, 6.45) is 0. The fraction of sp³-hybridized carbons (Fsp3) is 0.462. The number of nitrogens with zero attached hydrogens (tertiary/aromatic N) is 1. The Hall–Kier alpha value is -1.55. The molecule has 1 heterocycles. The summed E-state index contributed by atoms with van der Waals surface area (Å²) in [5.41, 5.74) is 6.72. The predicted octanol–water partition coefficient (Wildman–Crippen LogP) is 1.45. The van der Waals surface area contributed by atoms with Crippen molar-refractivity contribution in [2.24, 2.45) is 11.7 Å². The van der Waals surface area contributed by atoms with E-state index in [2.05, 4.69) is 11.0 Å². The largest absolute Gasteiger partial charge is 0.492 e. The Morgan fingerprint density at radius 1 is 1.53 bits per heavy atom. The zero-order valence-corrected chi connectivity index (χ0v) is 10.1. The molecule has 17 heavy (non-hydrogen) atoms. The molecule has 0 spiro atoms. The van der Waals surface area contributed by atoms with Crippen LogP contribution in [0.5, 0.6) is 5.75 Å². The number of rotatable bonds is 3. The Kier molecular flexibility index (Phi) is 3.64. The Morgan fingerprint density at radius 3 is 3.06 bits per heavy atom. The fourth-order valence-electron chi connectivity index (χ4n) is 2.02. The van der Waals surface area contributed by atoms with Crippen LogP contribution in [0.3, 0.4) is 0 Å². The first-order chi connectivity index (χ1) is 8.16. The molecule has 1 aromatic rings. The Bertz CT molecular complexity index is 405. The molecule has 0 saturated carbocycles. The number of nitrogens with two attached hydrogens (primary N) is 1. The Balaban J connectivity index is 2.05. The Labute approximate surface area is 102 Å². The van der Waals surface area contributed by atoms with Crippen LogP contribution in [0.2, 0.25) is 0 Å². The van der Waals surface area contributed by atoms with Crippen molar-refractivity contribution in [2.75, 3.05) is 19.7 Å². The van der Waals surface area contributed by atoms with Crippen molar-refractivity contribution in [3.05, 3.63) is 29.8 Å². The third-order valence-electron chi connectivity index (χ3n) is 3.09. The van der Waals surface area contributed by atoms with Gasteiger partial charge in [-0.05, 0) is 6.07 Å². The topological polar surface area (TPSA) is 62.3 Å². The molecule has 1 aliphatic heterocycles. The minimum Gasteiger partial charge on any atom is -0.492 e. The highest BCUT2D eigenvalue weighted by Gasteiger charge is 2.17. The molecular weight excluding hydrogens is 214 g/mol. The Morgan fingerprint density at radius 2 is 2.29 bits per heavy atom. The summed E-state index contributed by atoms with van der Waals surface area (Å²) in [6, 6.07) is 8.12. The number of amidine groups is 1. The number of hydrogen-bond acceptors (Lipinski definition) is 3. The molecule has 1 unspecified atom stereocenters. The lowest BCUT2D eigenvalue weighted by atomic mass is 10.1. The van der Waals surface area contributed by atoms with Crippen LogP contribution in [0.1, 0.15) is 12.5 Å². The van der Waals surface area contributed by atoms with Crippen LogP contribution in [0, 0.1) is 11.3 Å². The van der Waals surface area contributed by atoms with Gasteiger partial charge in [-0.2, -0.15) is 0 Å². The van der Waals surface area contributed by atoms with E-state index in [9.17, 15) is 0 Å². The van der Waals surface area contributed by atoms with E-state index >= 15 is 0 Å². The lowest BCUT2D eigenvalue weighted by Crippen LogP contribution is -2.35. The molecule has 0 saturated heterocycles. The molecule has 4 heteroatoms. The first kappa shape index (κ1) is 11.9. The lowest BCUT2D eigenvalue weighted by molar-refractivity contribution is 0.216. The minimum atomic E-state index is 0.0975. The molecule has 2 rings (SSSR count). The number of fused-ring (bicyclic) bond motifs is 1. The number of nitrogens with one attached hydrogen (secondary N) is 1. The summed E-state index contributed by atoms with van der Waals surface area (Å²) in [5, 5.41) is 7.44. The van der Waals surface area contributed by atoms with Crippen LogP contribution in [0.4, 0.5) is 0 Å². The minimum absolute atomic E-state index is 0.0975. The third-order valence-corrected chi connectivity index (χ3v) is 3.09. The smallest absolute Gasteiger partial charge is 0.123 e. The van der Waals surface area contributed by atoms with Crippen molar-refractivity contribution in [2.45, 2.75) is 13.5 Å². The second-order valence-corrected chi connectivity index (χ2v) is 4.55. The summed E-state index contributed by atoms with van der Waals surface area (Å²) in [4.78, 5) is 2.29. The van der Waals surface area contributed by atoms with Crippen molar-refractivity contribution in [3.8, 4) is 5.75 Å². The molecule has 92 valence electrons. The third kappa shape index (κ3) is 2.97. The molecule has 0 bridgehead atoms. The molecule has 0 aliphatic carbocycles. The van der Waals surface area contributed by atoms with E-state index < -0.39 is 0 Å². The zero-order valence-electron chi connectivity index (χ0n) is 10.1. The lowest BCUT2D eigenvalue weighted by Gasteiger charge is -2.22. The first-order valence-electron chi connectivity index (χ1n) is 5.94. The van der Waals surface area contributed by atoms with Crippen molar-refractivity contribution >= 4 is 5.84 Å². The van der Waals surface area contributed by atoms with Crippen molar-refractivity contribution in [1.82, 2.24) is 4.90 Å². The van der Waals surface area contributed by atoms with Crippen LogP contribution in [0.25, 0.3) is 0 Å². The average molecular weight is 233 g/mol. The quantitative estimate of drug-likeness (QED) is 0.613. The van der Waals surface area contributed by atoms with Gasteiger partial charge in [0.15, 0.2) is 0 Å². The van der Waals surface area contributed by atoms with E-state index in [-0.39, 0.29) is 11.8 Å². The normalized spacial score (nSPS) is 17.7. The van der Waals surface area contributed by atoms with E-state index in [0.29, 0.717) is 6.61 Å². The standard InChI is InChI=1S/C13H19N3O/c1-10(13(14)15)8-16-6-7-17-12-5-3-2-4-11(12)9-16/h2-5,10H,6-9H2,1H3,(H3,14,15). The van der Waals surface area contributed by atoms with E-state index in [4.69, 9.17) is 15.9 Å². The number of hydrogen-bond donors (Lipinski definition) is 2. The van der Waals surface area contributed by atoms with Gasteiger partial charge in [0.05, 0.1) is 5.84 Å². The maximum atomic E-state index is 7.44. The summed E-state index contributed by atoms with van der Waals surface area (Å²) < 4.78 is 5.69. The second kappa shape index (κ2) is 5.19. The highest BCUT2D eigenvalue weighted by molar-refractivity contribution is 5.79. The molecule has 0 amide bonds. The number of ether oxygens (including phenoxy) is 1. The van der Waals surface area contributed by atoms with Gasteiger partial charge in [-0.1, -0.05) is 25.1 Å². The molecule has 1 aromatic carbocycles. The van der Waals surface area contributed by atoms with Crippen LogP contribution in [0.15, 0.2) is 24.3 Å². The zero-order chi connectivity index (χ0) is 12.3. The van der Waals surface area contributed by atoms with Crippen molar-refractivity contribution in [3.63, 3.8) is 0 Å². The molecule has 0 radical (unpaired) electrons. The van der Waals surface area contributed by atoms with Gasteiger partial charge in [-0.15, -0.1) is 0 Å². The maximum absolute atomic E-state index is 7.44. The van der Waals surface area contributed by atoms with Gasteiger partial charge < -0.3 is 10.5 Å². The van der Waals surface area contributed by atoms with Gasteiger partial charge in [-0.3, -0.25) is 10.3 Å². The van der Waals surface area contributed by atoms with E-state index in [0.717, 1.165) is 25.4 Å². The van der Waals surface area contributed by atoms with Gasteiger partial charge in [0.25, 0.3) is 0 Å². The molecule has 0 fully saturated rings. The molecule has 1 aliphatic rings. The predicted molar refractivity (Wildman–Crippen MR) is 68.3 cm³/mol. The number of para-hydroxylation sites is 1.